The number of ether oxygens (including phenoxy) is 2. The number of rotatable bonds is 10. The number of likely N-dealkylation sites (N-methyl/N-ethyl adjacent to an activating group) is 1. The minimum atomic E-state index is -1.10. The average Bonchev–Trinajstić information content (AvgIpc) is 3.78. The van der Waals surface area contributed by atoms with Gasteiger partial charge in [-0.25, -0.2) is 9.67 Å². The number of nitrogens with zero attached hydrogens (tertiary/aromatic N) is 5. The Kier molecular flexibility index (Phi) is 14.2. The Morgan fingerprint density at radius 3 is 2.44 bits per heavy atom. The second-order valence-electron chi connectivity index (χ2n) is 14.6. The number of nitrogens with one attached hydrogen (secondary N) is 5. The van der Waals surface area contributed by atoms with Crippen molar-refractivity contribution in [2.45, 2.75) is 64.7 Å². The van der Waals surface area contributed by atoms with Gasteiger partial charge < -0.3 is 45.5 Å². The first-order valence-corrected chi connectivity index (χ1v) is 19.1. The van der Waals surface area contributed by atoms with E-state index in [4.69, 9.17) is 14.5 Å². The molecule has 1 aliphatic rings. The Balaban J connectivity index is 1.49. The maximum atomic E-state index is 14.2. The molecular weight excluding hydrogens is 733 g/mol. The highest BCUT2D eigenvalue weighted by molar-refractivity contribution is 5.94. The first kappa shape index (κ1) is 42.2. The van der Waals surface area contributed by atoms with Crippen LogP contribution >= 0.6 is 0 Å². The van der Waals surface area contributed by atoms with Crippen molar-refractivity contribution in [3.8, 4) is 11.5 Å². The van der Waals surface area contributed by atoms with Crippen LogP contribution in [0.5, 0.6) is 11.5 Å². The summed E-state index contributed by atoms with van der Waals surface area (Å²) in [6.45, 7) is 5.00. The van der Waals surface area contributed by atoms with E-state index in [0.717, 1.165) is 22.0 Å². The van der Waals surface area contributed by atoms with Crippen molar-refractivity contribution < 1.29 is 33.4 Å². The summed E-state index contributed by atoms with van der Waals surface area (Å²) in [5.74, 6) is -0.810. The summed E-state index contributed by atoms with van der Waals surface area (Å²) in [5.41, 5.74) is 2.49. The minimum Gasteiger partial charge on any atom is -0.493 e. The van der Waals surface area contributed by atoms with E-state index in [9.17, 15) is 24.0 Å². The van der Waals surface area contributed by atoms with Crippen LogP contribution in [0.3, 0.4) is 0 Å². The molecule has 4 atom stereocenters. The van der Waals surface area contributed by atoms with Crippen molar-refractivity contribution in [2.75, 3.05) is 54.5 Å². The molecule has 0 saturated carbocycles. The summed E-state index contributed by atoms with van der Waals surface area (Å²) in [7, 11) is 6.58. The molecule has 2 aromatic carbocycles. The maximum Gasteiger partial charge on any atom is 0.243 e. The van der Waals surface area contributed by atoms with Crippen LogP contribution in [0.4, 0.5) is 0 Å². The molecule has 57 heavy (non-hydrogen) atoms. The smallest absolute Gasteiger partial charge is 0.243 e. The molecule has 5 amide bonds. The lowest BCUT2D eigenvalue weighted by molar-refractivity contribution is -0.138. The van der Waals surface area contributed by atoms with Gasteiger partial charge in [-0.05, 0) is 56.3 Å². The Morgan fingerprint density at radius 2 is 1.72 bits per heavy atom. The maximum absolute atomic E-state index is 14.2. The predicted molar refractivity (Wildman–Crippen MR) is 212 cm³/mol. The van der Waals surface area contributed by atoms with Gasteiger partial charge in [0, 0.05) is 43.0 Å². The third-order valence-electron chi connectivity index (χ3n) is 9.98. The molecule has 0 spiro atoms. The monoisotopic (exact) mass is 786 g/mol. The van der Waals surface area contributed by atoms with Gasteiger partial charge in [0.1, 0.15) is 24.5 Å². The lowest BCUT2D eigenvalue weighted by Gasteiger charge is -2.29. The third-order valence-corrected chi connectivity index (χ3v) is 9.98. The number of hydrogen-bond acceptors (Lipinski definition) is 10. The summed E-state index contributed by atoms with van der Waals surface area (Å²) >= 11 is 0. The van der Waals surface area contributed by atoms with Crippen LogP contribution in [0.15, 0.2) is 48.7 Å². The summed E-state index contributed by atoms with van der Waals surface area (Å²) in [6.07, 6.45) is 2.75. The van der Waals surface area contributed by atoms with Crippen molar-refractivity contribution >= 4 is 40.4 Å². The van der Waals surface area contributed by atoms with E-state index < -0.39 is 41.8 Å². The number of aromatic nitrogens is 4. The summed E-state index contributed by atoms with van der Waals surface area (Å²) < 4.78 is 12.3. The van der Waals surface area contributed by atoms with E-state index in [0.29, 0.717) is 29.6 Å². The number of amides is 5. The van der Waals surface area contributed by atoms with E-state index in [1.807, 2.05) is 50.2 Å². The lowest BCUT2D eigenvalue weighted by atomic mass is 9.96. The molecule has 306 valence electrons. The van der Waals surface area contributed by atoms with Gasteiger partial charge >= 0.3 is 0 Å². The number of para-hydroxylation sites is 1. The quantitative estimate of drug-likeness (QED) is 0.156. The molecule has 5 N–H and O–H groups in total. The van der Waals surface area contributed by atoms with Crippen molar-refractivity contribution in [3.63, 3.8) is 0 Å². The van der Waals surface area contributed by atoms with Crippen molar-refractivity contribution in [2.24, 2.45) is 5.92 Å². The normalized spacial score (nSPS) is 19.4. The zero-order valence-corrected chi connectivity index (χ0v) is 33.7. The standard InChI is InChI=1S/C40H54N10O7/c1-8-24(2)37-40(55)43-25(3)38-45-33(18-26-13-14-31(56-6)32(17-26)57-7)47-50(38)22-34(51)41-15-16-49(36(53)23-48(4)5)21-35(52)44-30(39(54)46-37)19-27-20-42-29-12-10-9-11-28(27)29/h9-14,17,20,24-25,30,37,42H,8,15-16,18-19,21-23H2,1-7H3,(H,41,51)(H,43,55)(H,44,52)(H,46,54)/t24-,25+,30+,37-/m0/s1. The first-order chi connectivity index (χ1) is 27.3. The lowest BCUT2D eigenvalue weighted by Crippen LogP contribution is -2.57. The largest absolute Gasteiger partial charge is 0.493 e. The van der Waals surface area contributed by atoms with E-state index >= 15 is 0 Å². The first-order valence-electron chi connectivity index (χ1n) is 19.1. The van der Waals surface area contributed by atoms with Gasteiger partial charge in [-0.3, -0.25) is 24.0 Å². The van der Waals surface area contributed by atoms with Crippen LogP contribution in [0, 0.1) is 5.92 Å². The van der Waals surface area contributed by atoms with Crippen LogP contribution in [0.25, 0.3) is 10.9 Å². The fraction of sp³-hybridized carbons (Fsp3) is 0.475. The molecule has 17 heteroatoms. The zero-order chi connectivity index (χ0) is 41.2. The molecule has 0 bridgehead atoms. The van der Waals surface area contributed by atoms with Gasteiger partial charge in [-0.2, -0.15) is 5.10 Å². The van der Waals surface area contributed by atoms with Gasteiger partial charge in [0.25, 0.3) is 0 Å². The summed E-state index contributed by atoms with van der Waals surface area (Å²) in [6, 6.07) is 10.3. The Bertz CT molecular complexity index is 2060. The van der Waals surface area contributed by atoms with Gasteiger partial charge in [-0.15, -0.1) is 0 Å². The second kappa shape index (κ2) is 19.3. The van der Waals surface area contributed by atoms with Gasteiger partial charge in [-0.1, -0.05) is 44.5 Å². The molecule has 3 heterocycles. The van der Waals surface area contributed by atoms with Crippen molar-refractivity contribution in [1.82, 2.24) is 50.8 Å². The summed E-state index contributed by atoms with van der Waals surface area (Å²) in [4.78, 5) is 79.8. The highest BCUT2D eigenvalue weighted by Gasteiger charge is 2.33. The van der Waals surface area contributed by atoms with Crippen LogP contribution in [-0.4, -0.2) is 126 Å². The SMILES string of the molecule is CC[C@H](C)[C@@H]1NC(=O)[C@@H](Cc2c[nH]c3ccccc23)NC(=O)CN(C(=O)CN(C)C)CCNC(=O)Cn2nc(Cc3ccc(OC)c(OC)c3)nc2[C@@H](C)NC1=O. The van der Waals surface area contributed by atoms with E-state index in [2.05, 4.69) is 31.3 Å². The van der Waals surface area contributed by atoms with Crippen LogP contribution in [0.2, 0.25) is 0 Å². The number of aromatic amines is 1. The molecule has 0 aliphatic carbocycles. The summed E-state index contributed by atoms with van der Waals surface area (Å²) in [5, 5.41) is 17.1. The Hall–Kier alpha value is -5.97. The molecule has 0 unspecified atom stereocenters. The van der Waals surface area contributed by atoms with Crippen LogP contribution in [-0.2, 0) is 43.4 Å². The highest BCUT2D eigenvalue weighted by Crippen LogP contribution is 2.28. The number of hydrogen-bond donors (Lipinski definition) is 5. The van der Waals surface area contributed by atoms with Gasteiger partial charge in [0.15, 0.2) is 17.3 Å². The average molecular weight is 787 g/mol. The van der Waals surface area contributed by atoms with Crippen LogP contribution < -0.4 is 30.7 Å². The molecule has 1 aliphatic heterocycles. The molecule has 2 aromatic heterocycles. The zero-order valence-electron chi connectivity index (χ0n) is 33.7. The number of carbonyl (C=O) groups is 5. The number of methoxy groups -OCH3 is 2. The molecule has 0 fully saturated rings. The third kappa shape index (κ3) is 10.9. The topological polar surface area (TPSA) is 205 Å². The Morgan fingerprint density at radius 1 is 0.965 bits per heavy atom. The van der Waals surface area contributed by atoms with Crippen LogP contribution in [0.1, 0.15) is 56.0 Å². The highest BCUT2D eigenvalue weighted by atomic mass is 16.5. The van der Waals surface area contributed by atoms with Gasteiger partial charge in [0.2, 0.25) is 29.5 Å². The number of fused-ring (bicyclic) bond motifs is 2. The number of carbonyl (C=O) groups excluding carboxylic acids is 5. The fourth-order valence-electron chi connectivity index (χ4n) is 6.74. The number of H-pyrrole nitrogens is 1. The van der Waals surface area contributed by atoms with Crippen molar-refractivity contribution in [3.05, 3.63) is 71.4 Å². The molecule has 5 rings (SSSR count). The number of benzene rings is 2. The fourth-order valence-corrected chi connectivity index (χ4v) is 6.74. The molecule has 0 radical (unpaired) electrons. The van der Waals surface area contributed by atoms with E-state index in [-0.39, 0.29) is 57.4 Å². The predicted octanol–water partition coefficient (Wildman–Crippen LogP) is 1.32. The second-order valence-corrected chi connectivity index (χ2v) is 14.6. The molecule has 17 nitrogen and oxygen atoms in total. The Labute approximate surface area is 332 Å². The van der Waals surface area contributed by atoms with Crippen molar-refractivity contribution in [1.29, 1.82) is 0 Å². The molecular formula is C40H54N10O7. The van der Waals surface area contributed by atoms with Gasteiger partial charge in [0.05, 0.1) is 33.4 Å². The van der Waals surface area contributed by atoms with E-state index in [1.54, 1.807) is 52.4 Å². The molecule has 4 aromatic rings. The molecule has 0 saturated heterocycles. The van der Waals surface area contributed by atoms with E-state index in [1.165, 1.54) is 9.58 Å². The minimum absolute atomic E-state index is 0.0230.